The van der Waals surface area contributed by atoms with Crippen LogP contribution in [0.2, 0.25) is 0 Å². The quantitative estimate of drug-likeness (QED) is 0.724. The number of rotatable bonds is 5. The van der Waals surface area contributed by atoms with Crippen LogP contribution in [0.25, 0.3) is 0 Å². The van der Waals surface area contributed by atoms with Gasteiger partial charge in [0.05, 0.1) is 7.11 Å². The highest BCUT2D eigenvalue weighted by molar-refractivity contribution is 5.85. The van der Waals surface area contributed by atoms with Gasteiger partial charge in [-0.3, -0.25) is 0 Å². The predicted molar refractivity (Wildman–Crippen MR) is 119 cm³/mol. The molecule has 150 valence electrons. The molecule has 0 aromatic heterocycles. The summed E-state index contributed by atoms with van der Waals surface area (Å²) in [6.07, 6.45) is 1.14. The highest BCUT2D eigenvalue weighted by atomic mass is 35.5. The van der Waals surface area contributed by atoms with Gasteiger partial charge in [0, 0.05) is 24.2 Å². The molecule has 1 aliphatic heterocycles. The molecule has 2 N–H and O–H groups in total. The normalized spacial score (nSPS) is 19.1. The van der Waals surface area contributed by atoms with E-state index in [0.29, 0.717) is 12.1 Å². The first-order valence-electron chi connectivity index (χ1n) is 9.18. The van der Waals surface area contributed by atoms with Crippen LogP contribution in [0.15, 0.2) is 48.5 Å². The van der Waals surface area contributed by atoms with Gasteiger partial charge < -0.3 is 15.4 Å². The fraction of sp³-hybridized carbons (Fsp3) is 0.455. The van der Waals surface area contributed by atoms with Crippen molar-refractivity contribution in [1.29, 1.82) is 0 Å². The molecule has 27 heavy (non-hydrogen) atoms. The molecular weight excluding hydrogens is 379 g/mol. The van der Waals surface area contributed by atoms with E-state index in [9.17, 15) is 0 Å². The SMILES string of the molecule is COc1ccc(C(C)(C)C)cc1CNC1CCNC1c1ccccc1.Cl.Cl. The van der Waals surface area contributed by atoms with Gasteiger partial charge in [0.2, 0.25) is 0 Å². The minimum Gasteiger partial charge on any atom is -0.496 e. The summed E-state index contributed by atoms with van der Waals surface area (Å²) in [5.41, 5.74) is 4.07. The highest BCUT2D eigenvalue weighted by Crippen LogP contribution is 2.29. The van der Waals surface area contributed by atoms with Crippen molar-refractivity contribution in [3.05, 3.63) is 65.2 Å². The van der Waals surface area contributed by atoms with Gasteiger partial charge in [-0.2, -0.15) is 0 Å². The number of nitrogens with one attached hydrogen (secondary N) is 2. The van der Waals surface area contributed by atoms with Crippen LogP contribution in [0, 0.1) is 0 Å². The number of hydrogen-bond acceptors (Lipinski definition) is 3. The minimum absolute atomic E-state index is 0. The fourth-order valence-electron chi connectivity index (χ4n) is 3.56. The summed E-state index contributed by atoms with van der Waals surface area (Å²) in [6.45, 7) is 8.62. The molecule has 0 bridgehead atoms. The van der Waals surface area contributed by atoms with Crippen molar-refractivity contribution in [1.82, 2.24) is 10.6 Å². The van der Waals surface area contributed by atoms with Crippen molar-refractivity contribution in [3.8, 4) is 5.75 Å². The number of methoxy groups -OCH3 is 1. The van der Waals surface area contributed by atoms with Crippen LogP contribution >= 0.6 is 24.8 Å². The molecular formula is C22H32Cl2N2O. The van der Waals surface area contributed by atoms with E-state index in [2.05, 4.69) is 79.9 Å². The number of ether oxygens (including phenoxy) is 1. The molecule has 1 fully saturated rings. The summed E-state index contributed by atoms with van der Waals surface area (Å²) in [6, 6.07) is 18.1. The summed E-state index contributed by atoms with van der Waals surface area (Å²) in [5.74, 6) is 0.961. The average Bonchev–Trinajstić information content (AvgIpc) is 3.08. The Morgan fingerprint density at radius 3 is 2.41 bits per heavy atom. The zero-order valence-corrected chi connectivity index (χ0v) is 18.3. The van der Waals surface area contributed by atoms with Gasteiger partial charge in [-0.15, -0.1) is 24.8 Å². The molecule has 2 aromatic carbocycles. The Balaban J connectivity index is 0.00000182. The number of halogens is 2. The van der Waals surface area contributed by atoms with Crippen LogP contribution < -0.4 is 15.4 Å². The lowest BCUT2D eigenvalue weighted by Gasteiger charge is -2.24. The Morgan fingerprint density at radius 1 is 1.07 bits per heavy atom. The van der Waals surface area contributed by atoms with Crippen molar-refractivity contribution in [3.63, 3.8) is 0 Å². The van der Waals surface area contributed by atoms with E-state index in [-0.39, 0.29) is 30.2 Å². The molecule has 2 unspecified atom stereocenters. The zero-order valence-electron chi connectivity index (χ0n) is 16.6. The van der Waals surface area contributed by atoms with Gasteiger partial charge in [-0.05, 0) is 35.6 Å². The van der Waals surface area contributed by atoms with E-state index < -0.39 is 0 Å². The van der Waals surface area contributed by atoms with Gasteiger partial charge in [-0.25, -0.2) is 0 Å². The van der Waals surface area contributed by atoms with Gasteiger partial charge in [0.25, 0.3) is 0 Å². The minimum atomic E-state index is 0. The Labute approximate surface area is 176 Å². The molecule has 2 aromatic rings. The third-order valence-corrected chi connectivity index (χ3v) is 5.08. The van der Waals surface area contributed by atoms with Crippen molar-refractivity contribution in [2.75, 3.05) is 13.7 Å². The second-order valence-electron chi connectivity index (χ2n) is 7.90. The van der Waals surface area contributed by atoms with Crippen molar-refractivity contribution in [2.45, 2.75) is 51.2 Å². The largest absolute Gasteiger partial charge is 0.496 e. The molecule has 0 amide bonds. The van der Waals surface area contributed by atoms with Crippen LogP contribution in [0.5, 0.6) is 5.75 Å². The lowest BCUT2D eigenvalue weighted by atomic mass is 9.86. The maximum atomic E-state index is 5.58. The lowest BCUT2D eigenvalue weighted by molar-refractivity contribution is 0.400. The van der Waals surface area contributed by atoms with E-state index in [1.807, 2.05) is 0 Å². The monoisotopic (exact) mass is 410 g/mol. The van der Waals surface area contributed by atoms with E-state index >= 15 is 0 Å². The standard InChI is InChI=1S/C22H30N2O.2ClH/c1-22(2,3)18-10-11-20(25-4)17(14-18)15-24-19-12-13-23-21(19)16-8-6-5-7-9-16;;/h5-11,14,19,21,23-24H,12-13,15H2,1-4H3;2*1H. The van der Waals surface area contributed by atoms with E-state index in [1.165, 1.54) is 16.7 Å². The Kier molecular flexibility index (Phi) is 9.10. The summed E-state index contributed by atoms with van der Waals surface area (Å²) < 4.78 is 5.58. The molecule has 0 aliphatic carbocycles. The van der Waals surface area contributed by atoms with Gasteiger partial charge in [-0.1, -0.05) is 63.2 Å². The molecule has 0 saturated carbocycles. The lowest BCUT2D eigenvalue weighted by Crippen LogP contribution is -2.34. The Hall–Kier alpha value is -1.26. The van der Waals surface area contributed by atoms with E-state index in [1.54, 1.807) is 7.11 Å². The third-order valence-electron chi connectivity index (χ3n) is 5.08. The molecule has 1 aliphatic rings. The highest BCUT2D eigenvalue weighted by Gasteiger charge is 2.27. The van der Waals surface area contributed by atoms with Crippen LogP contribution in [-0.4, -0.2) is 19.7 Å². The first-order valence-corrected chi connectivity index (χ1v) is 9.18. The topological polar surface area (TPSA) is 33.3 Å². The van der Waals surface area contributed by atoms with Crippen molar-refractivity contribution >= 4 is 24.8 Å². The van der Waals surface area contributed by atoms with E-state index in [4.69, 9.17) is 4.74 Å². The molecule has 1 saturated heterocycles. The van der Waals surface area contributed by atoms with E-state index in [0.717, 1.165) is 25.3 Å². The van der Waals surface area contributed by atoms with Gasteiger partial charge in [0.1, 0.15) is 5.75 Å². The molecule has 1 heterocycles. The molecule has 0 spiro atoms. The number of hydrogen-bond donors (Lipinski definition) is 2. The molecule has 2 atom stereocenters. The first kappa shape index (κ1) is 23.8. The fourth-order valence-corrected chi connectivity index (χ4v) is 3.56. The average molecular weight is 411 g/mol. The summed E-state index contributed by atoms with van der Waals surface area (Å²) in [7, 11) is 1.75. The molecule has 3 rings (SSSR count). The predicted octanol–water partition coefficient (Wildman–Crippen LogP) is 5.03. The molecule has 3 nitrogen and oxygen atoms in total. The van der Waals surface area contributed by atoms with Crippen LogP contribution in [0.1, 0.15) is 49.9 Å². The molecule has 5 heteroatoms. The summed E-state index contributed by atoms with van der Waals surface area (Å²) in [5, 5.41) is 7.39. The molecule has 0 radical (unpaired) electrons. The Morgan fingerprint density at radius 2 is 1.78 bits per heavy atom. The van der Waals surface area contributed by atoms with Crippen LogP contribution in [0.3, 0.4) is 0 Å². The first-order chi connectivity index (χ1) is 12.0. The van der Waals surface area contributed by atoms with Crippen molar-refractivity contribution in [2.24, 2.45) is 0 Å². The smallest absolute Gasteiger partial charge is 0.123 e. The Bertz CT molecular complexity index is 701. The number of benzene rings is 2. The van der Waals surface area contributed by atoms with Gasteiger partial charge >= 0.3 is 0 Å². The zero-order chi connectivity index (χ0) is 17.9. The summed E-state index contributed by atoms with van der Waals surface area (Å²) in [4.78, 5) is 0. The van der Waals surface area contributed by atoms with Crippen molar-refractivity contribution < 1.29 is 4.74 Å². The second kappa shape index (κ2) is 10.3. The van der Waals surface area contributed by atoms with Gasteiger partial charge in [0.15, 0.2) is 0 Å². The maximum Gasteiger partial charge on any atom is 0.123 e. The second-order valence-corrected chi connectivity index (χ2v) is 7.90. The van der Waals surface area contributed by atoms with Crippen LogP contribution in [-0.2, 0) is 12.0 Å². The maximum absolute atomic E-state index is 5.58. The third kappa shape index (κ3) is 5.86. The summed E-state index contributed by atoms with van der Waals surface area (Å²) >= 11 is 0. The van der Waals surface area contributed by atoms with Crippen LogP contribution in [0.4, 0.5) is 0 Å².